The second-order valence-electron chi connectivity index (χ2n) is 6.09. The second-order valence-corrected chi connectivity index (χ2v) is 6.09. The van der Waals surface area contributed by atoms with Gasteiger partial charge in [-0.15, -0.1) is 0 Å². The van der Waals surface area contributed by atoms with E-state index in [0.717, 1.165) is 33.7 Å². The van der Waals surface area contributed by atoms with Gasteiger partial charge in [0.05, 0.1) is 23.3 Å². The molecule has 0 bridgehead atoms. The van der Waals surface area contributed by atoms with Crippen molar-refractivity contribution >= 4 is 34.1 Å². The van der Waals surface area contributed by atoms with Crippen LogP contribution in [0.25, 0.3) is 10.9 Å². The van der Waals surface area contributed by atoms with Gasteiger partial charge in [-0.2, -0.15) is 0 Å². The molecule has 0 saturated carbocycles. The Kier molecular flexibility index (Phi) is 3.80. The summed E-state index contributed by atoms with van der Waals surface area (Å²) in [5.74, 6) is 0.0405. The third-order valence-electron chi connectivity index (χ3n) is 4.23. The third kappa shape index (κ3) is 2.75. The maximum atomic E-state index is 11.9. The topological polar surface area (TPSA) is 80.3 Å². The van der Waals surface area contributed by atoms with Gasteiger partial charge in [0, 0.05) is 22.5 Å². The molecular weight excluding hydrogens is 330 g/mol. The normalized spacial score (nSPS) is 12.8. The van der Waals surface area contributed by atoms with Crippen LogP contribution in [0.5, 0.6) is 5.75 Å². The third-order valence-corrected chi connectivity index (χ3v) is 4.23. The zero-order valence-electron chi connectivity index (χ0n) is 14.4. The number of pyridine rings is 1. The predicted molar refractivity (Wildman–Crippen MR) is 99.2 cm³/mol. The zero-order chi connectivity index (χ0) is 18.3. The van der Waals surface area contributed by atoms with Gasteiger partial charge < -0.3 is 10.1 Å². The number of carbonyl (C=O) groups excluding carboxylic acids is 2. The average Bonchev–Trinajstić information content (AvgIpc) is 2.89. The summed E-state index contributed by atoms with van der Waals surface area (Å²) in [7, 11) is 0. The molecule has 0 fully saturated rings. The largest absolute Gasteiger partial charge is 0.494 e. The van der Waals surface area contributed by atoms with E-state index in [4.69, 9.17) is 4.74 Å². The minimum Gasteiger partial charge on any atom is -0.494 e. The first kappa shape index (κ1) is 16.1. The smallest absolute Gasteiger partial charge is 0.259 e. The molecule has 26 heavy (non-hydrogen) atoms. The lowest BCUT2D eigenvalue weighted by molar-refractivity contribution is 0.0879. The fraction of sp³-hybridized carbons (Fsp3) is 0.150. The number of anilines is 2. The van der Waals surface area contributed by atoms with Crippen LogP contribution < -0.4 is 15.4 Å². The van der Waals surface area contributed by atoms with Crippen molar-refractivity contribution in [3.63, 3.8) is 0 Å². The van der Waals surface area contributed by atoms with Gasteiger partial charge >= 0.3 is 0 Å². The number of hydrogen-bond donors (Lipinski definition) is 2. The Morgan fingerprint density at radius 2 is 1.85 bits per heavy atom. The van der Waals surface area contributed by atoms with Gasteiger partial charge in [0.1, 0.15) is 5.75 Å². The molecule has 2 aromatic carbocycles. The minimum atomic E-state index is -0.372. The van der Waals surface area contributed by atoms with Gasteiger partial charge in [-0.3, -0.25) is 19.9 Å². The summed E-state index contributed by atoms with van der Waals surface area (Å²) in [4.78, 5) is 28.1. The minimum absolute atomic E-state index is 0.358. The van der Waals surface area contributed by atoms with Crippen LogP contribution in [-0.2, 0) is 0 Å². The Labute approximate surface area is 150 Å². The Morgan fingerprint density at radius 1 is 1.04 bits per heavy atom. The molecule has 1 aromatic heterocycles. The SMILES string of the molecule is CCOc1ccc2nc(C)cc(Nc3ccc4c(c3)C(=O)NC4=O)c2c1. The summed E-state index contributed by atoms with van der Waals surface area (Å²) in [6.07, 6.45) is 0. The molecule has 1 aliphatic heterocycles. The molecule has 0 unspecified atom stereocenters. The number of nitrogens with zero attached hydrogens (tertiary/aromatic N) is 1. The summed E-state index contributed by atoms with van der Waals surface area (Å²) >= 11 is 0. The number of nitrogens with one attached hydrogen (secondary N) is 2. The van der Waals surface area contributed by atoms with Gasteiger partial charge in [0.2, 0.25) is 0 Å². The number of aromatic nitrogens is 1. The van der Waals surface area contributed by atoms with E-state index < -0.39 is 0 Å². The highest BCUT2D eigenvalue weighted by atomic mass is 16.5. The summed E-state index contributed by atoms with van der Waals surface area (Å²) in [6, 6.07) is 12.8. The van der Waals surface area contributed by atoms with Crippen LogP contribution in [0, 0.1) is 6.92 Å². The predicted octanol–water partition coefficient (Wildman–Crippen LogP) is 3.57. The van der Waals surface area contributed by atoms with Crippen LogP contribution in [-0.4, -0.2) is 23.4 Å². The number of hydrogen-bond acceptors (Lipinski definition) is 5. The van der Waals surface area contributed by atoms with Crippen molar-refractivity contribution in [3.05, 3.63) is 59.3 Å². The lowest BCUT2D eigenvalue weighted by Gasteiger charge is -2.13. The van der Waals surface area contributed by atoms with Crippen molar-refractivity contribution in [1.29, 1.82) is 0 Å². The number of amides is 2. The second kappa shape index (κ2) is 6.15. The fourth-order valence-corrected chi connectivity index (χ4v) is 3.10. The first-order valence-corrected chi connectivity index (χ1v) is 8.36. The lowest BCUT2D eigenvalue weighted by Crippen LogP contribution is -2.19. The van der Waals surface area contributed by atoms with E-state index in [2.05, 4.69) is 15.6 Å². The highest BCUT2D eigenvalue weighted by Gasteiger charge is 2.26. The van der Waals surface area contributed by atoms with Gasteiger partial charge in [0.25, 0.3) is 11.8 Å². The van der Waals surface area contributed by atoms with E-state index in [1.807, 2.05) is 38.1 Å². The summed E-state index contributed by atoms with van der Waals surface area (Å²) in [5, 5.41) is 6.56. The molecule has 0 spiro atoms. The molecule has 0 aliphatic carbocycles. The van der Waals surface area contributed by atoms with E-state index in [1.165, 1.54) is 0 Å². The Hall–Kier alpha value is -3.41. The Bertz CT molecular complexity index is 1060. The van der Waals surface area contributed by atoms with E-state index in [1.54, 1.807) is 18.2 Å². The molecule has 6 heteroatoms. The Morgan fingerprint density at radius 3 is 2.65 bits per heavy atom. The van der Waals surface area contributed by atoms with Gasteiger partial charge in [-0.25, -0.2) is 0 Å². The van der Waals surface area contributed by atoms with Crippen LogP contribution in [0.2, 0.25) is 0 Å². The molecule has 2 N–H and O–H groups in total. The van der Waals surface area contributed by atoms with Gasteiger partial charge in [-0.05, 0) is 56.3 Å². The highest BCUT2D eigenvalue weighted by molar-refractivity contribution is 6.21. The monoisotopic (exact) mass is 347 g/mol. The Balaban J connectivity index is 1.77. The first-order chi connectivity index (χ1) is 12.5. The molecule has 3 aromatic rings. The van der Waals surface area contributed by atoms with Crippen molar-refractivity contribution in [2.75, 3.05) is 11.9 Å². The summed E-state index contributed by atoms with van der Waals surface area (Å²) in [5.41, 5.74) is 4.09. The molecule has 130 valence electrons. The van der Waals surface area contributed by atoms with Crippen LogP contribution in [0.1, 0.15) is 33.3 Å². The van der Waals surface area contributed by atoms with Crippen molar-refractivity contribution in [2.45, 2.75) is 13.8 Å². The van der Waals surface area contributed by atoms with Gasteiger partial charge in [-0.1, -0.05) is 0 Å². The number of aryl methyl sites for hydroxylation is 1. The zero-order valence-corrected chi connectivity index (χ0v) is 14.4. The van der Waals surface area contributed by atoms with Crippen LogP contribution >= 0.6 is 0 Å². The standard InChI is InChI=1S/C20H17N3O3/c1-3-26-13-5-7-17-16(10-13)18(8-11(2)21-17)22-12-4-6-14-15(9-12)20(25)23-19(14)24/h4-10H,3H2,1-2H3,(H,21,22)(H,23,24,25). The molecule has 0 saturated heterocycles. The van der Waals surface area contributed by atoms with Gasteiger partial charge in [0.15, 0.2) is 0 Å². The molecule has 0 atom stereocenters. The van der Waals surface area contributed by atoms with Crippen molar-refractivity contribution in [3.8, 4) is 5.75 Å². The molecule has 2 heterocycles. The quantitative estimate of drug-likeness (QED) is 0.705. The highest BCUT2D eigenvalue weighted by Crippen LogP contribution is 2.30. The fourth-order valence-electron chi connectivity index (χ4n) is 3.10. The summed E-state index contributed by atoms with van der Waals surface area (Å²) in [6.45, 7) is 4.45. The number of rotatable bonds is 4. The number of carbonyl (C=O) groups is 2. The van der Waals surface area contributed by atoms with Crippen molar-refractivity contribution in [1.82, 2.24) is 10.3 Å². The van der Waals surface area contributed by atoms with Crippen LogP contribution in [0.3, 0.4) is 0 Å². The molecule has 2 amide bonds. The number of imide groups is 1. The molecule has 1 aliphatic rings. The van der Waals surface area contributed by atoms with Crippen molar-refractivity contribution < 1.29 is 14.3 Å². The maximum Gasteiger partial charge on any atom is 0.259 e. The van der Waals surface area contributed by atoms with E-state index in [9.17, 15) is 9.59 Å². The average molecular weight is 347 g/mol. The molecule has 4 rings (SSSR count). The number of benzene rings is 2. The van der Waals surface area contributed by atoms with E-state index in [-0.39, 0.29) is 11.8 Å². The van der Waals surface area contributed by atoms with E-state index >= 15 is 0 Å². The van der Waals surface area contributed by atoms with Crippen LogP contribution in [0.15, 0.2) is 42.5 Å². The van der Waals surface area contributed by atoms with Crippen LogP contribution in [0.4, 0.5) is 11.4 Å². The molecule has 0 radical (unpaired) electrons. The molecular formula is C20H17N3O3. The van der Waals surface area contributed by atoms with E-state index in [0.29, 0.717) is 17.7 Å². The molecule has 6 nitrogen and oxygen atoms in total. The first-order valence-electron chi connectivity index (χ1n) is 8.36. The lowest BCUT2D eigenvalue weighted by atomic mass is 10.1. The van der Waals surface area contributed by atoms with Crippen molar-refractivity contribution in [2.24, 2.45) is 0 Å². The maximum absolute atomic E-state index is 11.9. The number of fused-ring (bicyclic) bond motifs is 2. The summed E-state index contributed by atoms with van der Waals surface area (Å²) < 4.78 is 5.59. The number of ether oxygens (including phenoxy) is 1.